The fraction of sp³-hybridized carbons (Fsp3) is 0.125. The van der Waals surface area contributed by atoms with Gasteiger partial charge in [-0.15, -0.1) is 0 Å². The van der Waals surface area contributed by atoms with Gasteiger partial charge in [0.05, 0.1) is 12.2 Å². The predicted molar refractivity (Wildman–Crippen MR) is 77.5 cm³/mol. The number of ether oxygens (including phenoxy) is 1. The Morgan fingerprint density at radius 3 is 2.70 bits per heavy atom. The van der Waals surface area contributed by atoms with Gasteiger partial charge < -0.3 is 10.1 Å². The highest BCUT2D eigenvalue weighted by molar-refractivity contribution is 5.94. The molecule has 1 aromatic heterocycles. The first-order valence-corrected chi connectivity index (χ1v) is 6.31. The molecule has 4 heteroatoms. The van der Waals surface area contributed by atoms with Crippen LogP contribution in [-0.4, -0.2) is 17.5 Å². The van der Waals surface area contributed by atoms with Crippen molar-refractivity contribution in [2.24, 2.45) is 0 Å². The third kappa shape index (κ3) is 3.95. The van der Waals surface area contributed by atoms with E-state index in [1.54, 1.807) is 36.5 Å². The second-order valence-corrected chi connectivity index (χ2v) is 4.13. The van der Waals surface area contributed by atoms with Gasteiger partial charge in [0, 0.05) is 11.8 Å². The Morgan fingerprint density at radius 1 is 1.25 bits per heavy atom. The first-order chi connectivity index (χ1) is 9.79. The van der Waals surface area contributed by atoms with E-state index >= 15 is 0 Å². The summed E-state index contributed by atoms with van der Waals surface area (Å²) in [6.45, 7) is 4.44. The number of carbonyl (C=O) groups excluding carboxylic acids is 1. The lowest BCUT2D eigenvalue weighted by atomic mass is 10.2. The highest BCUT2D eigenvalue weighted by Gasteiger charge is 2.05. The van der Waals surface area contributed by atoms with Crippen LogP contribution in [0.25, 0.3) is 0 Å². The highest BCUT2D eigenvalue weighted by Crippen LogP contribution is 2.12. The highest BCUT2D eigenvalue weighted by atomic mass is 16.5. The van der Waals surface area contributed by atoms with Gasteiger partial charge in [0.25, 0.3) is 5.91 Å². The van der Waals surface area contributed by atoms with Crippen LogP contribution >= 0.6 is 0 Å². The van der Waals surface area contributed by atoms with E-state index in [0.29, 0.717) is 24.5 Å². The Bertz CT molecular complexity index is 565. The number of pyridine rings is 1. The molecular formula is C16H16N2O2. The second kappa shape index (κ2) is 7.09. The molecule has 20 heavy (non-hydrogen) atoms. The summed E-state index contributed by atoms with van der Waals surface area (Å²) >= 11 is 0. The van der Waals surface area contributed by atoms with Gasteiger partial charge in [-0.05, 0) is 36.4 Å². The summed E-state index contributed by atoms with van der Waals surface area (Å²) in [5.74, 6) is 0.581. The molecule has 0 saturated heterocycles. The summed E-state index contributed by atoms with van der Waals surface area (Å²) in [5, 5.41) is 2.82. The quantitative estimate of drug-likeness (QED) is 0.819. The van der Waals surface area contributed by atoms with Crippen molar-refractivity contribution in [3.8, 4) is 5.75 Å². The largest absolute Gasteiger partial charge is 0.490 e. The number of nitrogens with one attached hydrogen (secondary N) is 1. The molecule has 0 aliphatic carbocycles. The SMILES string of the molecule is C=CCOc1ccc(C(=O)NCc2ccccn2)cc1. The van der Waals surface area contributed by atoms with E-state index < -0.39 is 0 Å². The summed E-state index contributed by atoms with van der Waals surface area (Å²) in [6.07, 6.45) is 3.38. The molecule has 1 aromatic carbocycles. The molecule has 0 unspecified atom stereocenters. The maximum absolute atomic E-state index is 11.9. The van der Waals surface area contributed by atoms with E-state index in [1.807, 2.05) is 18.2 Å². The Balaban J connectivity index is 1.90. The summed E-state index contributed by atoms with van der Waals surface area (Å²) in [6, 6.07) is 12.6. The normalized spacial score (nSPS) is 9.80. The minimum absolute atomic E-state index is 0.133. The zero-order valence-corrected chi connectivity index (χ0v) is 11.1. The van der Waals surface area contributed by atoms with E-state index in [0.717, 1.165) is 5.69 Å². The van der Waals surface area contributed by atoms with Crippen LogP contribution in [0.1, 0.15) is 16.1 Å². The lowest BCUT2D eigenvalue weighted by Crippen LogP contribution is -2.23. The van der Waals surface area contributed by atoms with Crippen molar-refractivity contribution in [3.63, 3.8) is 0 Å². The lowest BCUT2D eigenvalue weighted by molar-refractivity contribution is 0.0950. The Labute approximate surface area is 118 Å². The Morgan fingerprint density at radius 2 is 2.05 bits per heavy atom. The zero-order valence-electron chi connectivity index (χ0n) is 11.1. The lowest BCUT2D eigenvalue weighted by Gasteiger charge is -2.06. The van der Waals surface area contributed by atoms with Gasteiger partial charge in [-0.25, -0.2) is 0 Å². The first-order valence-electron chi connectivity index (χ1n) is 6.31. The predicted octanol–water partition coefficient (Wildman–Crippen LogP) is 2.58. The molecule has 4 nitrogen and oxygen atoms in total. The number of nitrogens with zero attached hydrogens (tertiary/aromatic N) is 1. The average molecular weight is 268 g/mol. The number of hydrogen-bond acceptors (Lipinski definition) is 3. The van der Waals surface area contributed by atoms with Gasteiger partial charge in [-0.2, -0.15) is 0 Å². The van der Waals surface area contributed by atoms with Crippen LogP contribution in [0.5, 0.6) is 5.75 Å². The molecule has 1 N–H and O–H groups in total. The third-order valence-corrected chi connectivity index (χ3v) is 2.64. The van der Waals surface area contributed by atoms with Crippen LogP contribution in [0.2, 0.25) is 0 Å². The van der Waals surface area contributed by atoms with Crippen molar-refractivity contribution in [1.29, 1.82) is 0 Å². The van der Waals surface area contributed by atoms with Crippen LogP contribution in [0.15, 0.2) is 61.3 Å². The average Bonchev–Trinajstić information content (AvgIpc) is 2.52. The maximum Gasteiger partial charge on any atom is 0.251 e. The van der Waals surface area contributed by atoms with E-state index in [1.165, 1.54) is 0 Å². The number of carbonyl (C=O) groups is 1. The summed E-state index contributed by atoms with van der Waals surface area (Å²) < 4.78 is 5.36. The van der Waals surface area contributed by atoms with Crippen molar-refractivity contribution < 1.29 is 9.53 Å². The van der Waals surface area contributed by atoms with Gasteiger partial charge in [0.2, 0.25) is 0 Å². The van der Waals surface area contributed by atoms with E-state index in [4.69, 9.17) is 4.74 Å². The number of rotatable bonds is 6. The monoisotopic (exact) mass is 268 g/mol. The fourth-order valence-corrected chi connectivity index (χ4v) is 1.63. The number of benzene rings is 1. The van der Waals surface area contributed by atoms with Crippen molar-refractivity contribution in [1.82, 2.24) is 10.3 Å². The number of amides is 1. The first kappa shape index (κ1) is 13.8. The van der Waals surface area contributed by atoms with E-state index in [-0.39, 0.29) is 5.91 Å². The molecule has 0 bridgehead atoms. The standard InChI is InChI=1S/C16H16N2O2/c1-2-11-20-15-8-6-13(7-9-15)16(19)18-12-14-5-3-4-10-17-14/h2-10H,1,11-12H2,(H,18,19). The van der Waals surface area contributed by atoms with Gasteiger partial charge in [-0.1, -0.05) is 18.7 Å². The van der Waals surface area contributed by atoms with Crippen LogP contribution in [0.4, 0.5) is 0 Å². The molecule has 0 saturated carbocycles. The molecule has 0 spiro atoms. The van der Waals surface area contributed by atoms with Crippen molar-refractivity contribution >= 4 is 5.91 Å². The molecule has 102 valence electrons. The molecule has 0 atom stereocenters. The second-order valence-electron chi connectivity index (χ2n) is 4.13. The molecule has 2 aromatic rings. The smallest absolute Gasteiger partial charge is 0.251 e. The van der Waals surface area contributed by atoms with Crippen molar-refractivity contribution in [2.75, 3.05) is 6.61 Å². The number of aromatic nitrogens is 1. The van der Waals surface area contributed by atoms with Gasteiger partial charge in [0.15, 0.2) is 0 Å². The molecular weight excluding hydrogens is 252 g/mol. The van der Waals surface area contributed by atoms with Gasteiger partial charge in [-0.3, -0.25) is 9.78 Å². The molecule has 0 fully saturated rings. The minimum Gasteiger partial charge on any atom is -0.490 e. The Hall–Kier alpha value is -2.62. The molecule has 0 radical (unpaired) electrons. The zero-order chi connectivity index (χ0) is 14.2. The third-order valence-electron chi connectivity index (χ3n) is 2.64. The van der Waals surface area contributed by atoms with Crippen LogP contribution in [0, 0.1) is 0 Å². The topological polar surface area (TPSA) is 51.2 Å². The van der Waals surface area contributed by atoms with Gasteiger partial charge in [0.1, 0.15) is 12.4 Å². The minimum atomic E-state index is -0.133. The van der Waals surface area contributed by atoms with Crippen molar-refractivity contribution in [3.05, 3.63) is 72.6 Å². The van der Waals surface area contributed by atoms with Crippen LogP contribution in [-0.2, 0) is 6.54 Å². The summed E-state index contributed by atoms with van der Waals surface area (Å²) in [5.41, 5.74) is 1.42. The summed E-state index contributed by atoms with van der Waals surface area (Å²) in [7, 11) is 0. The molecule has 0 aliphatic heterocycles. The van der Waals surface area contributed by atoms with Crippen LogP contribution < -0.4 is 10.1 Å². The maximum atomic E-state index is 11.9. The number of hydrogen-bond donors (Lipinski definition) is 1. The summed E-state index contributed by atoms with van der Waals surface area (Å²) in [4.78, 5) is 16.1. The Kier molecular flexibility index (Phi) is 4.89. The van der Waals surface area contributed by atoms with E-state index in [9.17, 15) is 4.79 Å². The molecule has 0 aliphatic rings. The fourth-order valence-electron chi connectivity index (χ4n) is 1.63. The van der Waals surface area contributed by atoms with Crippen LogP contribution in [0.3, 0.4) is 0 Å². The molecule has 2 rings (SSSR count). The molecule has 1 heterocycles. The molecule has 1 amide bonds. The van der Waals surface area contributed by atoms with E-state index in [2.05, 4.69) is 16.9 Å². The van der Waals surface area contributed by atoms with Gasteiger partial charge >= 0.3 is 0 Å². The van der Waals surface area contributed by atoms with Crippen molar-refractivity contribution in [2.45, 2.75) is 6.54 Å².